The Morgan fingerprint density at radius 2 is 2.11 bits per heavy atom. The minimum Gasteiger partial charge on any atom is -0.303 e. The van der Waals surface area contributed by atoms with Crippen molar-refractivity contribution in [3.8, 4) is 0 Å². The first kappa shape index (κ1) is 13.1. The monoisotopic (exact) mass is 322 g/mol. The summed E-state index contributed by atoms with van der Waals surface area (Å²) in [5, 5.41) is 6.74. The van der Waals surface area contributed by atoms with Gasteiger partial charge in [0.05, 0.1) is 0 Å². The smallest absolute Gasteiger partial charge is 0.149 e. The molecule has 1 aromatic heterocycles. The lowest BCUT2D eigenvalue weighted by atomic mass is 9.93. The summed E-state index contributed by atoms with van der Waals surface area (Å²) in [6.07, 6.45) is 3.63. The van der Waals surface area contributed by atoms with E-state index < -0.39 is 0 Å². The number of halogens is 1. The molecule has 0 N–H and O–H groups in total. The molecule has 5 heteroatoms. The number of hydrazone groups is 1. The van der Waals surface area contributed by atoms with Crippen LogP contribution in [-0.2, 0) is 0 Å². The fraction of sp³-hybridized carbons (Fsp3) is 0.571. The SMILES string of the molecule is CN(/N=C1\CCN2CCC1CC2)c1cccc(Br)n1. The zero-order chi connectivity index (χ0) is 13.2. The van der Waals surface area contributed by atoms with E-state index in [2.05, 4.69) is 25.8 Å². The lowest BCUT2D eigenvalue weighted by Crippen LogP contribution is -2.31. The van der Waals surface area contributed by atoms with Gasteiger partial charge in [-0.2, -0.15) is 5.10 Å². The van der Waals surface area contributed by atoms with Crippen LogP contribution >= 0.6 is 15.9 Å². The molecule has 4 heterocycles. The predicted molar refractivity (Wildman–Crippen MR) is 81.6 cm³/mol. The van der Waals surface area contributed by atoms with Gasteiger partial charge in [0.15, 0.2) is 0 Å². The molecule has 102 valence electrons. The number of piperidine rings is 1. The standard InChI is InChI=1S/C14H19BrN4/c1-18(14-4-2-3-13(15)16-14)17-12-7-10-19-8-5-11(12)6-9-19/h2-4,11H,5-10H2,1H3/b17-12+. The van der Waals surface area contributed by atoms with Crippen molar-refractivity contribution >= 4 is 27.5 Å². The molecule has 0 amide bonds. The largest absolute Gasteiger partial charge is 0.303 e. The fourth-order valence-electron chi connectivity index (χ4n) is 2.92. The van der Waals surface area contributed by atoms with E-state index in [0.717, 1.165) is 23.4 Å². The summed E-state index contributed by atoms with van der Waals surface area (Å²) >= 11 is 3.41. The van der Waals surface area contributed by atoms with Crippen LogP contribution in [0.25, 0.3) is 0 Å². The molecule has 19 heavy (non-hydrogen) atoms. The van der Waals surface area contributed by atoms with E-state index in [0.29, 0.717) is 5.92 Å². The number of hydrogen-bond acceptors (Lipinski definition) is 4. The summed E-state index contributed by atoms with van der Waals surface area (Å²) in [5.74, 6) is 1.56. The van der Waals surface area contributed by atoms with E-state index in [9.17, 15) is 0 Å². The second-order valence-corrected chi connectivity index (χ2v) is 6.11. The van der Waals surface area contributed by atoms with Gasteiger partial charge in [0.2, 0.25) is 0 Å². The van der Waals surface area contributed by atoms with Gasteiger partial charge in [-0.3, -0.25) is 5.01 Å². The van der Waals surface area contributed by atoms with Crippen LogP contribution in [0.3, 0.4) is 0 Å². The molecular weight excluding hydrogens is 304 g/mol. The number of fused-ring (bicyclic) bond motifs is 4. The first-order valence-corrected chi connectivity index (χ1v) is 7.68. The minimum atomic E-state index is 0.674. The Kier molecular flexibility index (Phi) is 3.84. The van der Waals surface area contributed by atoms with Crippen molar-refractivity contribution in [3.05, 3.63) is 22.8 Å². The molecule has 0 aliphatic carbocycles. The summed E-state index contributed by atoms with van der Waals surface area (Å²) < 4.78 is 0.852. The Labute approximate surface area is 122 Å². The number of hydrogen-bond donors (Lipinski definition) is 0. The molecule has 0 saturated carbocycles. The average Bonchev–Trinajstić information content (AvgIpc) is 2.73. The molecular formula is C14H19BrN4. The quantitative estimate of drug-likeness (QED) is 0.620. The summed E-state index contributed by atoms with van der Waals surface area (Å²) in [4.78, 5) is 7.00. The molecule has 4 rings (SSSR count). The summed E-state index contributed by atoms with van der Waals surface area (Å²) in [5.41, 5.74) is 1.35. The van der Waals surface area contributed by atoms with Crippen LogP contribution in [0.15, 0.2) is 27.9 Å². The van der Waals surface area contributed by atoms with Gasteiger partial charge in [-0.1, -0.05) is 6.07 Å². The lowest BCUT2D eigenvalue weighted by Gasteiger charge is -2.26. The van der Waals surface area contributed by atoms with E-state index in [4.69, 9.17) is 5.10 Å². The summed E-state index contributed by atoms with van der Waals surface area (Å²) in [6, 6.07) is 5.92. The maximum atomic E-state index is 4.83. The second-order valence-electron chi connectivity index (χ2n) is 5.30. The van der Waals surface area contributed by atoms with Crippen molar-refractivity contribution in [1.82, 2.24) is 9.88 Å². The van der Waals surface area contributed by atoms with Crippen LogP contribution in [0.5, 0.6) is 0 Å². The Balaban J connectivity index is 1.80. The van der Waals surface area contributed by atoms with Gasteiger partial charge in [-0.15, -0.1) is 0 Å². The molecule has 4 nitrogen and oxygen atoms in total. The van der Waals surface area contributed by atoms with Crippen LogP contribution in [-0.4, -0.2) is 42.3 Å². The highest BCUT2D eigenvalue weighted by Crippen LogP contribution is 2.25. The number of nitrogens with zero attached hydrogens (tertiary/aromatic N) is 4. The fourth-order valence-corrected chi connectivity index (χ4v) is 3.25. The van der Waals surface area contributed by atoms with Crippen LogP contribution in [0.1, 0.15) is 19.3 Å². The van der Waals surface area contributed by atoms with Crippen molar-refractivity contribution in [1.29, 1.82) is 0 Å². The first-order valence-electron chi connectivity index (χ1n) is 6.88. The number of anilines is 1. The summed E-state index contributed by atoms with van der Waals surface area (Å²) in [6.45, 7) is 3.64. The molecule has 3 saturated heterocycles. The highest BCUT2D eigenvalue weighted by molar-refractivity contribution is 9.10. The zero-order valence-electron chi connectivity index (χ0n) is 11.2. The van der Waals surface area contributed by atoms with Crippen molar-refractivity contribution < 1.29 is 0 Å². The second kappa shape index (κ2) is 5.59. The van der Waals surface area contributed by atoms with Gasteiger partial charge in [0.1, 0.15) is 10.4 Å². The highest BCUT2D eigenvalue weighted by Gasteiger charge is 2.28. The molecule has 1 aromatic rings. The van der Waals surface area contributed by atoms with Crippen LogP contribution in [0.2, 0.25) is 0 Å². The molecule has 3 fully saturated rings. The van der Waals surface area contributed by atoms with E-state index in [1.54, 1.807) is 0 Å². The molecule has 0 aromatic carbocycles. The van der Waals surface area contributed by atoms with E-state index >= 15 is 0 Å². The third-order valence-electron chi connectivity index (χ3n) is 4.05. The maximum absolute atomic E-state index is 4.83. The Morgan fingerprint density at radius 1 is 1.32 bits per heavy atom. The van der Waals surface area contributed by atoms with Gasteiger partial charge in [0, 0.05) is 31.6 Å². The predicted octanol–water partition coefficient (Wildman–Crippen LogP) is 2.75. The molecule has 3 aliphatic heterocycles. The normalized spacial score (nSPS) is 28.4. The minimum absolute atomic E-state index is 0.674. The third-order valence-corrected chi connectivity index (χ3v) is 4.50. The molecule has 3 aliphatic rings. The van der Waals surface area contributed by atoms with Crippen molar-refractivity contribution in [3.63, 3.8) is 0 Å². The van der Waals surface area contributed by atoms with Gasteiger partial charge in [0.25, 0.3) is 0 Å². The molecule has 2 bridgehead atoms. The lowest BCUT2D eigenvalue weighted by molar-refractivity contribution is 0.233. The average molecular weight is 323 g/mol. The van der Waals surface area contributed by atoms with Gasteiger partial charge in [-0.25, -0.2) is 4.98 Å². The molecule has 0 atom stereocenters. The Morgan fingerprint density at radius 3 is 2.84 bits per heavy atom. The Bertz CT molecular complexity index is 480. The van der Waals surface area contributed by atoms with Crippen LogP contribution < -0.4 is 5.01 Å². The van der Waals surface area contributed by atoms with E-state index in [-0.39, 0.29) is 0 Å². The van der Waals surface area contributed by atoms with Gasteiger partial charge < -0.3 is 4.90 Å². The maximum Gasteiger partial charge on any atom is 0.149 e. The van der Waals surface area contributed by atoms with E-state index in [1.165, 1.54) is 31.6 Å². The van der Waals surface area contributed by atoms with Crippen molar-refractivity contribution in [2.24, 2.45) is 11.0 Å². The van der Waals surface area contributed by atoms with E-state index in [1.807, 2.05) is 30.3 Å². The third kappa shape index (κ3) is 2.98. The van der Waals surface area contributed by atoms with Gasteiger partial charge in [-0.05, 0) is 54.0 Å². The van der Waals surface area contributed by atoms with Crippen LogP contribution in [0.4, 0.5) is 5.82 Å². The van der Waals surface area contributed by atoms with Crippen molar-refractivity contribution in [2.45, 2.75) is 19.3 Å². The molecule has 0 radical (unpaired) electrons. The van der Waals surface area contributed by atoms with Crippen LogP contribution in [0, 0.1) is 5.92 Å². The van der Waals surface area contributed by atoms with Crippen molar-refractivity contribution in [2.75, 3.05) is 31.7 Å². The molecule has 0 unspecified atom stereocenters. The number of rotatable bonds is 2. The number of aromatic nitrogens is 1. The highest BCUT2D eigenvalue weighted by atomic mass is 79.9. The topological polar surface area (TPSA) is 31.7 Å². The molecule has 0 spiro atoms. The zero-order valence-corrected chi connectivity index (χ0v) is 12.8. The first-order chi connectivity index (χ1) is 9.22. The number of pyridine rings is 1. The summed E-state index contributed by atoms with van der Waals surface area (Å²) in [7, 11) is 1.99. The Hall–Kier alpha value is -0.940. The van der Waals surface area contributed by atoms with Gasteiger partial charge >= 0.3 is 0 Å².